The molecule has 0 spiro atoms. The van der Waals surface area contributed by atoms with Crippen molar-refractivity contribution in [2.45, 2.75) is 72.0 Å². The van der Waals surface area contributed by atoms with Crippen molar-refractivity contribution in [2.75, 3.05) is 13.1 Å². The van der Waals surface area contributed by atoms with E-state index >= 15 is 0 Å². The fourth-order valence-corrected chi connectivity index (χ4v) is 4.83. The first-order valence-corrected chi connectivity index (χ1v) is 11.7. The molecule has 1 aromatic carbocycles. The minimum absolute atomic E-state index is 0.0835. The van der Waals surface area contributed by atoms with E-state index in [0.717, 1.165) is 35.2 Å². The fourth-order valence-electron chi connectivity index (χ4n) is 4.83. The average Bonchev–Trinajstić information content (AvgIpc) is 3.47. The number of amides is 4. The second-order valence-corrected chi connectivity index (χ2v) is 9.71. The zero-order chi connectivity index (χ0) is 23.2. The number of benzene rings is 1. The predicted octanol–water partition coefficient (Wildman–Crippen LogP) is 3.18. The van der Waals surface area contributed by atoms with Gasteiger partial charge in [-0.25, -0.2) is 4.79 Å². The zero-order valence-corrected chi connectivity index (χ0v) is 19.7. The molecule has 4 amide bonds. The van der Waals surface area contributed by atoms with E-state index in [2.05, 4.69) is 30.5 Å². The van der Waals surface area contributed by atoms with Gasteiger partial charge in [-0.2, -0.15) is 0 Å². The third-order valence-electron chi connectivity index (χ3n) is 6.60. The third-order valence-corrected chi connectivity index (χ3v) is 6.60. The maximum atomic E-state index is 13.8. The fraction of sp³-hybridized carbons (Fsp3) is 0.560. The number of likely N-dealkylation sites (N-methyl/N-ethyl adjacent to an activating group) is 1. The number of rotatable bonds is 7. The standard InChI is InChI=1S/C25H34N4O3/c1-6-28-20-13-29(19(11-14(2)3)23(30)26-17-8-9-17)24(31)21(20)22(27-25(28)32)18-10-7-15(4)12-16(18)5/h7,10,12,14,17,19,22H,6,8-9,11,13H2,1-5H3,(H,26,30)(H,27,32)/t19-,22-/m0/s1. The van der Waals surface area contributed by atoms with Crippen molar-refractivity contribution in [3.8, 4) is 0 Å². The molecule has 0 bridgehead atoms. The van der Waals surface area contributed by atoms with Crippen molar-refractivity contribution in [2.24, 2.45) is 5.92 Å². The lowest BCUT2D eigenvalue weighted by molar-refractivity contribution is -0.137. The number of carbonyl (C=O) groups is 3. The van der Waals surface area contributed by atoms with Crippen molar-refractivity contribution in [3.05, 3.63) is 46.2 Å². The van der Waals surface area contributed by atoms with Crippen LogP contribution in [0.1, 0.15) is 62.8 Å². The quantitative estimate of drug-likeness (QED) is 0.686. The van der Waals surface area contributed by atoms with E-state index in [-0.39, 0.29) is 36.3 Å². The van der Waals surface area contributed by atoms with E-state index in [1.807, 2.05) is 32.9 Å². The van der Waals surface area contributed by atoms with E-state index in [1.54, 1.807) is 9.80 Å². The van der Waals surface area contributed by atoms with Crippen molar-refractivity contribution >= 4 is 17.8 Å². The molecule has 0 unspecified atom stereocenters. The Morgan fingerprint density at radius 1 is 1.22 bits per heavy atom. The number of urea groups is 1. The lowest BCUT2D eigenvalue weighted by Crippen LogP contribution is -2.49. The summed E-state index contributed by atoms with van der Waals surface area (Å²) in [6, 6.07) is 5.04. The molecule has 2 N–H and O–H groups in total. The smallest absolute Gasteiger partial charge is 0.322 e. The second-order valence-electron chi connectivity index (χ2n) is 9.71. The number of nitrogens with one attached hydrogen (secondary N) is 2. The van der Waals surface area contributed by atoms with E-state index in [4.69, 9.17) is 0 Å². The molecular formula is C25H34N4O3. The van der Waals surface area contributed by atoms with Crippen LogP contribution in [0.2, 0.25) is 0 Å². The Labute approximate surface area is 190 Å². The van der Waals surface area contributed by atoms with Crippen molar-refractivity contribution in [1.29, 1.82) is 0 Å². The summed E-state index contributed by atoms with van der Waals surface area (Å²) in [4.78, 5) is 43.2. The van der Waals surface area contributed by atoms with Crippen LogP contribution in [-0.4, -0.2) is 52.8 Å². The Hall–Kier alpha value is -2.83. The first kappa shape index (κ1) is 22.4. The van der Waals surface area contributed by atoms with Crippen molar-refractivity contribution in [3.63, 3.8) is 0 Å². The van der Waals surface area contributed by atoms with Crippen LogP contribution in [0.3, 0.4) is 0 Å². The summed E-state index contributed by atoms with van der Waals surface area (Å²) in [5.74, 6) is 0.0207. The van der Waals surface area contributed by atoms with Crippen LogP contribution < -0.4 is 10.6 Å². The molecule has 1 aliphatic carbocycles. The molecule has 1 aromatic rings. The van der Waals surface area contributed by atoms with Crippen LogP contribution in [0, 0.1) is 19.8 Å². The van der Waals surface area contributed by atoms with E-state index in [9.17, 15) is 14.4 Å². The van der Waals surface area contributed by atoms with Gasteiger partial charge in [-0.15, -0.1) is 0 Å². The summed E-state index contributed by atoms with van der Waals surface area (Å²) < 4.78 is 0. The Bertz CT molecular complexity index is 979. The van der Waals surface area contributed by atoms with Gasteiger partial charge in [-0.05, 0) is 57.1 Å². The Balaban J connectivity index is 1.71. The monoisotopic (exact) mass is 438 g/mol. The zero-order valence-electron chi connectivity index (χ0n) is 19.7. The average molecular weight is 439 g/mol. The van der Waals surface area contributed by atoms with Gasteiger partial charge in [0.15, 0.2) is 0 Å². The molecule has 7 heteroatoms. The lowest BCUT2D eigenvalue weighted by Gasteiger charge is -2.33. The number of hydrogen-bond donors (Lipinski definition) is 2. The topological polar surface area (TPSA) is 81.8 Å². The molecule has 1 saturated carbocycles. The maximum Gasteiger partial charge on any atom is 0.322 e. The van der Waals surface area contributed by atoms with Gasteiger partial charge >= 0.3 is 6.03 Å². The predicted molar refractivity (Wildman–Crippen MR) is 123 cm³/mol. The summed E-state index contributed by atoms with van der Waals surface area (Å²) in [5.41, 5.74) is 4.39. The largest absolute Gasteiger partial charge is 0.352 e. The first-order chi connectivity index (χ1) is 15.2. The van der Waals surface area contributed by atoms with Crippen LogP contribution in [0.5, 0.6) is 0 Å². The molecule has 3 aliphatic rings. The Morgan fingerprint density at radius 3 is 2.53 bits per heavy atom. The van der Waals surface area contributed by atoms with Crippen molar-refractivity contribution < 1.29 is 14.4 Å². The molecular weight excluding hydrogens is 404 g/mol. The van der Waals surface area contributed by atoms with Gasteiger partial charge in [0.05, 0.1) is 23.9 Å². The van der Waals surface area contributed by atoms with E-state index < -0.39 is 12.1 Å². The summed E-state index contributed by atoms with van der Waals surface area (Å²) in [6.07, 6.45) is 2.59. The minimum Gasteiger partial charge on any atom is -0.352 e. The van der Waals surface area contributed by atoms with Crippen molar-refractivity contribution in [1.82, 2.24) is 20.4 Å². The van der Waals surface area contributed by atoms with Crippen LogP contribution in [0.15, 0.2) is 29.5 Å². The normalized spacial score (nSPS) is 21.8. The highest BCUT2D eigenvalue weighted by atomic mass is 16.2. The Kier molecular flexibility index (Phi) is 6.01. The molecule has 4 rings (SSSR count). The van der Waals surface area contributed by atoms with E-state index in [0.29, 0.717) is 18.5 Å². The van der Waals surface area contributed by atoms with Gasteiger partial charge in [-0.3, -0.25) is 14.5 Å². The highest BCUT2D eigenvalue weighted by molar-refractivity contribution is 6.03. The first-order valence-electron chi connectivity index (χ1n) is 11.7. The number of hydrogen-bond acceptors (Lipinski definition) is 3. The lowest BCUT2D eigenvalue weighted by atomic mass is 9.91. The van der Waals surface area contributed by atoms with Crippen LogP contribution >= 0.6 is 0 Å². The summed E-state index contributed by atoms with van der Waals surface area (Å²) >= 11 is 0. The van der Waals surface area contributed by atoms with Crippen LogP contribution in [-0.2, 0) is 9.59 Å². The van der Waals surface area contributed by atoms with Gasteiger partial charge in [0.1, 0.15) is 6.04 Å². The minimum atomic E-state index is -0.540. The van der Waals surface area contributed by atoms with Gasteiger partial charge < -0.3 is 15.5 Å². The second kappa shape index (κ2) is 8.60. The third kappa shape index (κ3) is 4.12. The van der Waals surface area contributed by atoms with Gasteiger partial charge in [-0.1, -0.05) is 37.6 Å². The van der Waals surface area contributed by atoms with Gasteiger partial charge in [0, 0.05) is 12.6 Å². The molecule has 1 fully saturated rings. The molecule has 7 nitrogen and oxygen atoms in total. The summed E-state index contributed by atoms with van der Waals surface area (Å²) in [7, 11) is 0. The molecule has 2 heterocycles. The Morgan fingerprint density at radius 2 is 1.94 bits per heavy atom. The van der Waals surface area contributed by atoms with Gasteiger partial charge in [0.25, 0.3) is 5.91 Å². The highest BCUT2D eigenvalue weighted by Gasteiger charge is 2.47. The number of carbonyl (C=O) groups excluding carboxylic acids is 3. The highest BCUT2D eigenvalue weighted by Crippen LogP contribution is 2.38. The molecule has 32 heavy (non-hydrogen) atoms. The molecule has 2 atom stereocenters. The summed E-state index contributed by atoms with van der Waals surface area (Å²) in [5, 5.41) is 6.13. The van der Waals surface area contributed by atoms with Crippen LogP contribution in [0.4, 0.5) is 4.79 Å². The molecule has 0 aromatic heterocycles. The SMILES string of the molecule is CCN1C(=O)N[C@@H](c2ccc(C)cc2C)C2=C1CN([C@@H](CC(C)C)C(=O)NC1CC1)C2=O. The molecule has 172 valence electrons. The number of aryl methyl sites for hydroxylation is 2. The molecule has 0 saturated heterocycles. The molecule has 0 radical (unpaired) electrons. The summed E-state index contributed by atoms with van der Waals surface area (Å²) in [6.45, 7) is 10.8. The molecule has 2 aliphatic heterocycles. The van der Waals surface area contributed by atoms with Crippen LogP contribution in [0.25, 0.3) is 0 Å². The number of nitrogens with zero attached hydrogens (tertiary/aromatic N) is 2. The maximum absolute atomic E-state index is 13.8. The van der Waals surface area contributed by atoms with Gasteiger partial charge in [0.2, 0.25) is 5.91 Å². The van der Waals surface area contributed by atoms with E-state index in [1.165, 1.54) is 0 Å².